The van der Waals surface area contributed by atoms with Crippen LogP contribution in [0.2, 0.25) is 0 Å². The van der Waals surface area contributed by atoms with Crippen molar-refractivity contribution in [2.24, 2.45) is 0 Å². The van der Waals surface area contributed by atoms with Crippen molar-refractivity contribution in [1.82, 2.24) is 19.5 Å². The number of furan rings is 1. The third kappa shape index (κ3) is 5.45. The minimum Gasteiger partial charge on any atom is -0.455 e. The van der Waals surface area contributed by atoms with Crippen molar-refractivity contribution in [2.45, 2.75) is 0 Å². The molecule has 13 rings (SSSR count). The largest absolute Gasteiger partial charge is 0.455 e. The zero-order valence-electron chi connectivity index (χ0n) is 33.3. The van der Waals surface area contributed by atoms with E-state index in [1.165, 1.54) is 37.7 Å². The van der Waals surface area contributed by atoms with Crippen molar-refractivity contribution in [1.29, 1.82) is 0 Å². The number of hydrogen-bond acceptors (Lipinski definition) is 4. The first-order chi connectivity index (χ1) is 30.7. The second kappa shape index (κ2) is 13.6. The lowest BCUT2D eigenvalue weighted by Crippen LogP contribution is -2.02. The average Bonchev–Trinajstić information content (AvgIpc) is 3.88. The molecule has 3 aromatic heterocycles. The van der Waals surface area contributed by atoms with Crippen LogP contribution in [0.4, 0.5) is 0 Å². The molecule has 5 heteroatoms. The summed E-state index contributed by atoms with van der Waals surface area (Å²) in [6.45, 7) is 0. The molecule has 0 spiro atoms. The summed E-state index contributed by atoms with van der Waals surface area (Å²) in [7, 11) is 0. The lowest BCUT2D eigenvalue weighted by molar-refractivity contribution is 0.669. The molecule has 13 aromatic rings. The van der Waals surface area contributed by atoms with Crippen LogP contribution in [0.25, 0.3) is 127 Å². The van der Waals surface area contributed by atoms with Gasteiger partial charge in [-0.1, -0.05) is 158 Å². The van der Waals surface area contributed by atoms with Crippen molar-refractivity contribution >= 4 is 76.1 Å². The molecule has 62 heavy (non-hydrogen) atoms. The topological polar surface area (TPSA) is 56.7 Å². The first kappa shape index (κ1) is 34.5. The maximum Gasteiger partial charge on any atom is 0.167 e. The summed E-state index contributed by atoms with van der Waals surface area (Å²) < 4.78 is 9.18. The van der Waals surface area contributed by atoms with E-state index in [1.807, 2.05) is 18.2 Å². The van der Waals surface area contributed by atoms with Gasteiger partial charge in [0.15, 0.2) is 17.5 Å². The zero-order chi connectivity index (χ0) is 40.7. The molecule has 0 radical (unpaired) electrons. The minimum absolute atomic E-state index is 0.533. The van der Waals surface area contributed by atoms with Crippen LogP contribution >= 0.6 is 0 Å². The van der Waals surface area contributed by atoms with E-state index in [4.69, 9.17) is 19.4 Å². The van der Waals surface area contributed by atoms with Crippen molar-refractivity contribution in [3.05, 3.63) is 206 Å². The van der Waals surface area contributed by atoms with E-state index in [0.29, 0.717) is 17.5 Å². The van der Waals surface area contributed by atoms with E-state index in [1.54, 1.807) is 0 Å². The van der Waals surface area contributed by atoms with Crippen molar-refractivity contribution in [3.63, 3.8) is 0 Å². The maximum atomic E-state index is 6.80. The molecule has 0 fully saturated rings. The van der Waals surface area contributed by atoms with E-state index in [2.05, 4.69) is 193 Å². The van der Waals surface area contributed by atoms with Gasteiger partial charge in [0.1, 0.15) is 11.2 Å². The molecule has 0 saturated heterocycles. The number of aromatic nitrogens is 4. The highest BCUT2D eigenvalue weighted by atomic mass is 16.3. The maximum absolute atomic E-state index is 6.80. The van der Waals surface area contributed by atoms with Gasteiger partial charge in [0.25, 0.3) is 0 Å². The fourth-order valence-electron chi connectivity index (χ4n) is 9.42. The standard InChI is InChI=1S/C57H34N4O/c1-2-13-35(14-3-1)37-18-12-19-41(29-37)55-58-56(42-27-28-45-40(30-42)26-25-36-15-6-7-20-44(36)45)60-57(59-55)50-34-43(33-49-47-22-9-11-24-53(47)62-54(49)50)61-51-23-10-8-21-46(51)48-31-38-16-4-5-17-39(38)32-52(48)61/h1-34H. The Morgan fingerprint density at radius 2 is 0.952 bits per heavy atom. The molecule has 5 nitrogen and oxygen atoms in total. The molecule has 0 bridgehead atoms. The molecule has 0 aliphatic rings. The van der Waals surface area contributed by atoms with Crippen LogP contribution in [-0.4, -0.2) is 19.5 Å². The van der Waals surface area contributed by atoms with E-state index < -0.39 is 0 Å². The van der Waals surface area contributed by atoms with Crippen molar-refractivity contribution in [3.8, 4) is 51.0 Å². The Bertz CT molecular complexity index is 3940. The summed E-state index contributed by atoms with van der Waals surface area (Å²) in [4.78, 5) is 16.0. The monoisotopic (exact) mass is 790 g/mol. The summed E-state index contributed by atoms with van der Waals surface area (Å²) in [6.07, 6.45) is 0. The van der Waals surface area contributed by atoms with Crippen LogP contribution in [0.1, 0.15) is 0 Å². The number of para-hydroxylation sites is 2. The van der Waals surface area contributed by atoms with Crippen molar-refractivity contribution in [2.75, 3.05) is 0 Å². The number of fused-ring (bicyclic) bond motifs is 10. The third-order valence-electron chi connectivity index (χ3n) is 12.4. The Morgan fingerprint density at radius 3 is 1.81 bits per heavy atom. The Labute approximate surface area is 355 Å². The molecular formula is C57H34N4O. The number of nitrogens with zero attached hydrogens (tertiary/aromatic N) is 4. The molecule has 3 heterocycles. The van der Waals surface area contributed by atoms with E-state index in [0.717, 1.165) is 71.9 Å². The SMILES string of the molecule is c1ccc(-c2cccc(-c3nc(-c4ccc5c(ccc6ccccc65)c4)nc(-c4cc(-n5c6ccccc6c6cc7ccccc7cc65)cc5c4oc4ccccc45)n3)c2)cc1. The number of benzene rings is 10. The molecule has 0 saturated carbocycles. The minimum atomic E-state index is 0.533. The highest BCUT2D eigenvalue weighted by molar-refractivity contribution is 6.15. The van der Waals surface area contributed by atoms with E-state index in [9.17, 15) is 0 Å². The van der Waals surface area contributed by atoms with Crippen LogP contribution in [0.5, 0.6) is 0 Å². The first-order valence-corrected chi connectivity index (χ1v) is 20.9. The molecule has 0 amide bonds. The molecule has 0 atom stereocenters. The molecule has 288 valence electrons. The van der Waals surface area contributed by atoms with Gasteiger partial charge in [0.05, 0.1) is 16.6 Å². The molecule has 0 aliphatic carbocycles. The highest BCUT2D eigenvalue weighted by Gasteiger charge is 2.22. The predicted octanol–water partition coefficient (Wildman–Crippen LogP) is 15.0. The summed E-state index contributed by atoms with van der Waals surface area (Å²) in [5, 5.41) is 11.6. The zero-order valence-corrected chi connectivity index (χ0v) is 33.3. The summed E-state index contributed by atoms with van der Waals surface area (Å²) >= 11 is 0. The van der Waals surface area contributed by atoms with Gasteiger partial charge in [-0.2, -0.15) is 0 Å². The number of rotatable bonds is 5. The van der Waals surface area contributed by atoms with Crippen LogP contribution in [0.3, 0.4) is 0 Å². The lowest BCUT2D eigenvalue weighted by atomic mass is 10.00. The van der Waals surface area contributed by atoms with Gasteiger partial charge in [0.2, 0.25) is 0 Å². The molecular weight excluding hydrogens is 757 g/mol. The Balaban J connectivity index is 1.10. The lowest BCUT2D eigenvalue weighted by Gasteiger charge is -2.13. The van der Waals surface area contributed by atoms with Crippen LogP contribution in [0.15, 0.2) is 211 Å². The molecule has 0 aliphatic heterocycles. The summed E-state index contributed by atoms with van der Waals surface area (Å²) in [5.74, 6) is 1.70. The van der Waals surface area contributed by atoms with Gasteiger partial charge >= 0.3 is 0 Å². The Morgan fingerprint density at radius 1 is 0.323 bits per heavy atom. The van der Waals surface area contributed by atoms with E-state index in [-0.39, 0.29) is 0 Å². The average molecular weight is 791 g/mol. The second-order valence-electron chi connectivity index (χ2n) is 16.0. The Kier molecular flexibility index (Phi) is 7.54. The quantitative estimate of drug-likeness (QED) is 0.163. The highest BCUT2D eigenvalue weighted by Crippen LogP contribution is 2.41. The van der Waals surface area contributed by atoms with Crippen LogP contribution < -0.4 is 0 Å². The van der Waals surface area contributed by atoms with Gasteiger partial charge in [-0.15, -0.1) is 0 Å². The van der Waals surface area contributed by atoms with Gasteiger partial charge in [-0.25, -0.2) is 15.0 Å². The molecule has 10 aromatic carbocycles. The molecule has 0 N–H and O–H groups in total. The summed E-state index contributed by atoms with van der Waals surface area (Å²) in [5.41, 5.74) is 9.58. The van der Waals surface area contributed by atoms with Gasteiger partial charge in [0, 0.05) is 38.4 Å². The molecule has 0 unspecified atom stereocenters. The Hall–Kier alpha value is -8.41. The summed E-state index contributed by atoms with van der Waals surface area (Å²) in [6, 6.07) is 72.9. The van der Waals surface area contributed by atoms with Crippen LogP contribution in [0, 0.1) is 0 Å². The fraction of sp³-hybridized carbons (Fsp3) is 0. The first-order valence-electron chi connectivity index (χ1n) is 20.9. The number of hydrogen-bond donors (Lipinski definition) is 0. The van der Waals surface area contributed by atoms with E-state index >= 15 is 0 Å². The van der Waals surface area contributed by atoms with Crippen LogP contribution in [-0.2, 0) is 0 Å². The van der Waals surface area contributed by atoms with Gasteiger partial charge in [-0.05, 0) is 92.0 Å². The van der Waals surface area contributed by atoms with Gasteiger partial charge in [-0.3, -0.25) is 0 Å². The normalized spacial score (nSPS) is 11.9. The van der Waals surface area contributed by atoms with Gasteiger partial charge < -0.3 is 8.98 Å². The fourth-order valence-corrected chi connectivity index (χ4v) is 9.42. The predicted molar refractivity (Wildman–Crippen MR) is 256 cm³/mol. The third-order valence-corrected chi connectivity index (χ3v) is 12.4. The second-order valence-corrected chi connectivity index (χ2v) is 16.0. The van der Waals surface area contributed by atoms with Crippen molar-refractivity contribution < 1.29 is 4.42 Å². The smallest absolute Gasteiger partial charge is 0.167 e.